The van der Waals surface area contributed by atoms with Crippen LogP contribution in [0.3, 0.4) is 0 Å². The van der Waals surface area contributed by atoms with Crippen molar-refractivity contribution in [1.29, 1.82) is 0 Å². The second kappa shape index (κ2) is 8.67. The third-order valence-electron chi connectivity index (χ3n) is 4.36. The summed E-state index contributed by atoms with van der Waals surface area (Å²) in [5.41, 5.74) is 1.85. The van der Waals surface area contributed by atoms with Crippen molar-refractivity contribution >= 4 is 29.3 Å². The molecular weight excluding hydrogens is 349 g/mol. The molecule has 0 unspecified atom stereocenters. The van der Waals surface area contributed by atoms with E-state index in [1.54, 1.807) is 24.4 Å². The molecule has 2 heterocycles. The summed E-state index contributed by atoms with van der Waals surface area (Å²) in [5.74, 6) is -0.603. The van der Waals surface area contributed by atoms with Gasteiger partial charge in [-0.05, 0) is 66.9 Å². The van der Waals surface area contributed by atoms with Crippen molar-refractivity contribution in [2.24, 2.45) is 0 Å². The van der Waals surface area contributed by atoms with Crippen LogP contribution in [0.5, 0.6) is 0 Å². The predicted octanol–water partition coefficient (Wildman–Crippen LogP) is 3.86. The number of carbonyl (C=O) groups excluding carboxylic acids is 1. The summed E-state index contributed by atoms with van der Waals surface area (Å²) in [4.78, 5) is 18.4. The van der Waals surface area contributed by atoms with Crippen LogP contribution in [0.2, 0.25) is 0 Å². The van der Waals surface area contributed by atoms with Crippen LogP contribution in [0.15, 0.2) is 54.9 Å². The molecule has 4 nitrogen and oxygen atoms in total. The normalized spacial score (nSPS) is 17.3. The molecule has 0 radical (unpaired) electrons. The first-order valence-electron chi connectivity index (χ1n) is 8.58. The summed E-state index contributed by atoms with van der Waals surface area (Å²) in [7, 11) is 0. The van der Waals surface area contributed by atoms with Gasteiger partial charge in [0, 0.05) is 25.0 Å². The fourth-order valence-corrected chi connectivity index (χ4v) is 3.38. The first kappa shape index (κ1) is 18.2. The number of halogens is 1. The van der Waals surface area contributed by atoms with Gasteiger partial charge < -0.3 is 4.90 Å². The summed E-state index contributed by atoms with van der Waals surface area (Å²) in [6, 6.07) is 10.0. The highest BCUT2D eigenvalue weighted by Gasteiger charge is 2.26. The molecule has 2 aromatic rings. The van der Waals surface area contributed by atoms with Gasteiger partial charge in [-0.2, -0.15) is 0 Å². The predicted molar refractivity (Wildman–Crippen MR) is 104 cm³/mol. The highest BCUT2D eigenvalue weighted by Crippen LogP contribution is 2.30. The highest BCUT2D eigenvalue weighted by atomic mass is 32.1. The van der Waals surface area contributed by atoms with Crippen LogP contribution in [0.1, 0.15) is 36.4 Å². The van der Waals surface area contributed by atoms with Gasteiger partial charge in [0.1, 0.15) is 5.82 Å². The van der Waals surface area contributed by atoms with Crippen LogP contribution >= 0.6 is 12.2 Å². The van der Waals surface area contributed by atoms with Gasteiger partial charge in [-0.1, -0.05) is 18.2 Å². The third kappa shape index (κ3) is 4.73. The van der Waals surface area contributed by atoms with Crippen LogP contribution in [0.4, 0.5) is 4.39 Å². The molecule has 3 rings (SSSR count). The minimum Gasteiger partial charge on any atom is -0.342 e. The highest BCUT2D eigenvalue weighted by molar-refractivity contribution is 7.80. The molecule has 0 bridgehead atoms. The average molecular weight is 369 g/mol. The Morgan fingerprint density at radius 3 is 2.81 bits per heavy atom. The van der Waals surface area contributed by atoms with E-state index < -0.39 is 0 Å². The Balaban J connectivity index is 1.63. The maximum Gasteiger partial charge on any atom is 0.250 e. The number of carbonyl (C=O) groups is 1. The number of amides is 1. The SMILES string of the molecule is O=C(/C=C/c1ccc(F)cc1)NC(=S)N1CCCC[C@@H]1c1cccnc1. The molecule has 1 aromatic heterocycles. The van der Waals surface area contributed by atoms with E-state index in [1.165, 1.54) is 18.2 Å². The van der Waals surface area contributed by atoms with E-state index in [9.17, 15) is 9.18 Å². The summed E-state index contributed by atoms with van der Waals surface area (Å²) in [6.07, 6.45) is 9.77. The number of pyridine rings is 1. The van der Waals surface area contributed by atoms with E-state index in [0.29, 0.717) is 5.11 Å². The zero-order chi connectivity index (χ0) is 18.4. The molecule has 0 aliphatic carbocycles. The minimum absolute atomic E-state index is 0.131. The Bertz CT molecular complexity index is 792. The fraction of sp³-hybridized carbons (Fsp3) is 0.250. The van der Waals surface area contributed by atoms with Gasteiger partial charge in [-0.3, -0.25) is 15.1 Å². The standard InChI is InChI=1S/C20H20FN3OS/c21-17-9-6-15(7-10-17)8-11-19(25)23-20(26)24-13-2-1-5-18(24)16-4-3-12-22-14-16/h3-4,6-12,14,18H,1-2,5,13H2,(H,23,25,26)/b11-8+/t18-/m1/s1. The smallest absolute Gasteiger partial charge is 0.250 e. The Morgan fingerprint density at radius 2 is 2.08 bits per heavy atom. The fourth-order valence-electron chi connectivity index (χ4n) is 3.06. The van der Waals surface area contributed by atoms with Gasteiger partial charge in [0.05, 0.1) is 6.04 Å². The summed E-state index contributed by atoms with van der Waals surface area (Å²) in [5, 5.41) is 3.19. The summed E-state index contributed by atoms with van der Waals surface area (Å²) < 4.78 is 12.9. The molecule has 1 atom stereocenters. The van der Waals surface area contributed by atoms with E-state index >= 15 is 0 Å². The maximum absolute atomic E-state index is 12.9. The van der Waals surface area contributed by atoms with Crippen LogP contribution in [-0.2, 0) is 4.79 Å². The zero-order valence-corrected chi connectivity index (χ0v) is 15.1. The second-order valence-corrected chi connectivity index (χ2v) is 6.56. The molecule has 0 spiro atoms. The molecular formula is C20H20FN3OS. The number of benzene rings is 1. The molecule has 1 aromatic carbocycles. The van der Waals surface area contributed by atoms with Crippen molar-refractivity contribution in [2.75, 3.05) is 6.54 Å². The minimum atomic E-state index is -0.306. The number of rotatable bonds is 3. The number of nitrogens with one attached hydrogen (secondary N) is 1. The van der Waals surface area contributed by atoms with E-state index in [-0.39, 0.29) is 17.8 Å². The molecule has 1 N–H and O–H groups in total. The lowest BCUT2D eigenvalue weighted by Gasteiger charge is -2.37. The van der Waals surface area contributed by atoms with E-state index in [1.807, 2.05) is 18.3 Å². The largest absolute Gasteiger partial charge is 0.342 e. The first-order chi connectivity index (χ1) is 12.6. The van der Waals surface area contributed by atoms with Crippen LogP contribution in [0, 0.1) is 5.82 Å². The number of hydrogen-bond acceptors (Lipinski definition) is 3. The summed E-state index contributed by atoms with van der Waals surface area (Å²) >= 11 is 5.47. The molecule has 1 fully saturated rings. The molecule has 6 heteroatoms. The van der Waals surface area contributed by atoms with Gasteiger partial charge in [0.15, 0.2) is 5.11 Å². The molecule has 1 saturated heterocycles. The van der Waals surface area contributed by atoms with E-state index in [2.05, 4.69) is 15.2 Å². The number of thiocarbonyl (C=S) groups is 1. The summed E-state index contributed by atoms with van der Waals surface area (Å²) in [6.45, 7) is 0.806. The lowest BCUT2D eigenvalue weighted by atomic mass is 9.97. The van der Waals surface area contributed by atoms with E-state index in [4.69, 9.17) is 12.2 Å². The lowest BCUT2D eigenvalue weighted by Crippen LogP contribution is -2.46. The Kier molecular flexibility index (Phi) is 6.07. The van der Waals surface area contributed by atoms with Gasteiger partial charge in [0.25, 0.3) is 0 Å². The molecule has 1 aliphatic rings. The van der Waals surface area contributed by atoms with Crippen molar-refractivity contribution in [3.63, 3.8) is 0 Å². The van der Waals surface area contributed by atoms with Gasteiger partial charge in [-0.25, -0.2) is 4.39 Å². The Labute approximate surface area is 157 Å². The molecule has 1 aliphatic heterocycles. The van der Waals surface area contributed by atoms with Crippen LogP contribution in [0.25, 0.3) is 6.08 Å². The first-order valence-corrected chi connectivity index (χ1v) is 8.99. The Morgan fingerprint density at radius 1 is 1.27 bits per heavy atom. The van der Waals surface area contributed by atoms with E-state index in [0.717, 1.165) is 36.9 Å². The average Bonchev–Trinajstić information content (AvgIpc) is 2.68. The molecule has 134 valence electrons. The lowest BCUT2D eigenvalue weighted by molar-refractivity contribution is -0.115. The van der Waals surface area contributed by atoms with Crippen molar-refractivity contribution in [3.8, 4) is 0 Å². The number of aromatic nitrogens is 1. The molecule has 26 heavy (non-hydrogen) atoms. The van der Waals surface area contributed by atoms with Gasteiger partial charge >= 0.3 is 0 Å². The number of hydrogen-bond donors (Lipinski definition) is 1. The maximum atomic E-state index is 12.9. The molecule has 1 amide bonds. The second-order valence-electron chi connectivity index (χ2n) is 6.17. The zero-order valence-electron chi connectivity index (χ0n) is 14.3. The number of likely N-dealkylation sites (tertiary alicyclic amines) is 1. The van der Waals surface area contributed by atoms with Gasteiger partial charge in [0.2, 0.25) is 5.91 Å². The van der Waals surface area contributed by atoms with Crippen LogP contribution in [-0.4, -0.2) is 27.4 Å². The number of piperidine rings is 1. The Hall–Kier alpha value is -2.60. The number of nitrogens with zero attached hydrogens (tertiary/aromatic N) is 2. The van der Waals surface area contributed by atoms with Crippen molar-refractivity contribution in [2.45, 2.75) is 25.3 Å². The molecule has 0 saturated carbocycles. The van der Waals surface area contributed by atoms with Crippen molar-refractivity contribution < 1.29 is 9.18 Å². The van der Waals surface area contributed by atoms with Crippen molar-refractivity contribution in [1.82, 2.24) is 15.2 Å². The monoisotopic (exact) mass is 369 g/mol. The third-order valence-corrected chi connectivity index (χ3v) is 4.70. The van der Waals surface area contributed by atoms with Gasteiger partial charge in [-0.15, -0.1) is 0 Å². The topological polar surface area (TPSA) is 45.2 Å². The van der Waals surface area contributed by atoms with Crippen LogP contribution < -0.4 is 5.32 Å². The quantitative estimate of drug-likeness (QED) is 0.659. The van der Waals surface area contributed by atoms with Crippen molar-refractivity contribution in [3.05, 3.63) is 71.8 Å².